The van der Waals surface area contributed by atoms with Gasteiger partial charge in [-0.15, -0.1) is 0 Å². The molecule has 1 rings (SSSR count). The number of hydrogen-bond donors (Lipinski definition) is 1. The number of nitrogens with zero attached hydrogens (tertiary/aromatic N) is 1. The number of unbranched alkanes of at least 4 members (excludes halogenated alkanes) is 4. The Morgan fingerprint density at radius 1 is 1.19 bits per heavy atom. The predicted octanol–water partition coefficient (Wildman–Crippen LogP) is 3.41. The third-order valence-electron chi connectivity index (χ3n) is 3.29. The summed E-state index contributed by atoms with van der Waals surface area (Å²) in [5.41, 5.74) is 5.94. The summed E-state index contributed by atoms with van der Waals surface area (Å²) in [5.74, 6) is 0.881. The van der Waals surface area contributed by atoms with Gasteiger partial charge in [-0.2, -0.15) is 0 Å². The maximum absolute atomic E-state index is 11.0. The van der Waals surface area contributed by atoms with Crippen molar-refractivity contribution in [2.24, 2.45) is 5.73 Å². The second-order valence-corrected chi connectivity index (χ2v) is 4.86. The Morgan fingerprint density at radius 3 is 2.48 bits per heavy atom. The average molecular weight is 296 g/mol. The lowest BCUT2D eigenvalue weighted by atomic mass is 10.1. The summed E-state index contributed by atoms with van der Waals surface area (Å²) in [4.78, 5) is 10.6. The smallest absolute Gasteiger partial charge is 0.277 e. The minimum atomic E-state index is -0.449. The molecule has 118 valence electrons. The quantitative estimate of drug-likeness (QED) is 0.406. The predicted molar refractivity (Wildman–Crippen MR) is 81.8 cm³/mol. The minimum Gasteiger partial charge on any atom is -0.493 e. The van der Waals surface area contributed by atoms with E-state index in [1.807, 2.05) is 0 Å². The summed E-state index contributed by atoms with van der Waals surface area (Å²) in [6.07, 6.45) is 5.62. The second kappa shape index (κ2) is 9.18. The Hall–Kier alpha value is -1.82. The van der Waals surface area contributed by atoms with Crippen molar-refractivity contribution in [2.75, 3.05) is 13.7 Å². The van der Waals surface area contributed by atoms with E-state index < -0.39 is 4.92 Å². The molecule has 0 atom stereocenters. The van der Waals surface area contributed by atoms with Crippen LogP contribution in [0.5, 0.6) is 11.5 Å². The third-order valence-corrected chi connectivity index (χ3v) is 3.29. The van der Waals surface area contributed by atoms with Gasteiger partial charge < -0.3 is 15.2 Å². The van der Waals surface area contributed by atoms with E-state index in [2.05, 4.69) is 6.92 Å². The number of rotatable bonds is 10. The van der Waals surface area contributed by atoms with Crippen LogP contribution in [-0.2, 0) is 6.54 Å². The fourth-order valence-corrected chi connectivity index (χ4v) is 2.08. The Bertz CT molecular complexity index is 463. The summed E-state index contributed by atoms with van der Waals surface area (Å²) < 4.78 is 10.8. The lowest BCUT2D eigenvalue weighted by Gasteiger charge is -2.12. The van der Waals surface area contributed by atoms with Crippen LogP contribution in [-0.4, -0.2) is 18.6 Å². The first-order valence-electron chi connectivity index (χ1n) is 7.32. The zero-order valence-electron chi connectivity index (χ0n) is 12.8. The standard InChI is InChI=1S/C15H24N2O4/c1-3-4-5-6-7-8-21-15-10-13(17(18)19)12(11-16)9-14(15)20-2/h9-10H,3-8,11,16H2,1-2H3. The van der Waals surface area contributed by atoms with Crippen molar-refractivity contribution in [3.8, 4) is 11.5 Å². The van der Waals surface area contributed by atoms with Crippen molar-refractivity contribution in [3.05, 3.63) is 27.8 Å². The lowest BCUT2D eigenvalue weighted by Crippen LogP contribution is -2.05. The van der Waals surface area contributed by atoms with Crippen LogP contribution < -0.4 is 15.2 Å². The number of hydrogen-bond acceptors (Lipinski definition) is 5. The molecule has 0 aliphatic rings. The maximum atomic E-state index is 11.0. The van der Waals surface area contributed by atoms with E-state index in [1.165, 1.54) is 32.4 Å². The fraction of sp³-hybridized carbons (Fsp3) is 0.600. The highest BCUT2D eigenvalue weighted by molar-refractivity contribution is 5.54. The number of nitro groups is 1. The molecule has 1 aromatic rings. The van der Waals surface area contributed by atoms with Gasteiger partial charge in [0.05, 0.1) is 24.7 Å². The van der Waals surface area contributed by atoms with Gasteiger partial charge in [-0.05, 0) is 12.5 Å². The molecule has 0 aliphatic heterocycles. The minimum absolute atomic E-state index is 0.0284. The molecule has 0 aliphatic carbocycles. The van der Waals surface area contributed by atoms with Crippen molar-refractivity contribution >= 4 is 5.69 Å². The highest BCUT2D eigenvalue weighted by Crippen LogP contribution is 2.34. The first-order valence-corrected chi connectivity index (χ1v) is 7.32. The largest absolute Gasteiger partial charge is 0.493 e. The van der Waals surface area contributed by atoms with Crippen molar-refractivity contribution < 1.29 is 14.4 Å². The van der Waals surface area contributed by atoms with Gasteiger partial charge in [-0.3, -0.25) is 10.1 Å². The average Bonchev–Trinajstić information content (AvgIpc) is 2.49. The van der Waals surface area contributed by atoms with Gasteiger partial charge in [-0.25, -0.2) is 0 Å². The molecular weight excluding hydrogens is 272 g/mol. The second-order valence-electron chi connectivity index (χ2n) is 4.86. The maximum Gasteiger partial charge on any atom is 0.277 e. The van der Waals surface area contributed by atoms with Gasteiger partial charge in [0.1, 0.15) is 0 Å². The molecular formula is C15H24N2O4. The van der Waals surface area contributed by atoms with E-state index >= 15 is 0 Å². The van der Waals surface area contributed by atoms with Gasteiger partial charge in [0, 0.05) is 12.1 Å². The zero-order chi connectivity index (χ0) is 15.7. The molecule has 0 heterocycles. The van der Waals surface area contributed by atoms with E-state index in [9.17, 15) is 10.1 Å². The highest BCUT2D eigenvalue weighted by atomic mass is 16.6. The summed E-state index contributed by atoms with van der Waals surface area (Å²) in [6, 6.07) is 2.97. The number of methoxy groups -OCH3 is 1. The Kier molecular flexibility index (Phi) is 7.53. The monoisotopic (exact) mass is 296 g/mol. The fourth-order valence-electron chi connectivity index (χ4n) is 2.08. The van der Waals surface area contributed by atoms with E-state index in [0.717, 1.165) is 12.8 Å². The van der Waals surface area contributed by atoms with E-state index in [4.69, 9.17) is 15.2 Å². The first-order chi connectivity index (χ1) is 10.1. The van der Waals surface area contributed by atoms with Gasteiger partial charge in [0.2, 0.25) is 0 Å². The number of nitrogens with two attached hydrogens (primary N) is 1. The molecule has 0 radical (unpaired) electrons. The van der Waals surface area contributed by atoms with Gasteiger partial charge in [-0.1, -0.05) is 32.6 Å². The molecule has 0 bridgehead atoms. The summed E-state index contributed by atoms with van der Waals surface area (Å²) >= 11 is 0. The van der Waals surface area contributed by atoms with Gasteiger partial charge in [0.15, 0.2) is 11.5 Å². The topological polar surface area (TPSA) is 87.6 Å². The number of ether oxygens (including phenoxy) is 2. The SMILES string of the molecule is CCCCCCCOc1cc([N+](=O)[O-])c(CN)cc1OC. The molecule has 0 amide bonds. The van der Waals surface area contributed by atoms with Crippen LogP contribution >= 0.6 is 0 Å². The van der Waals surface area contributed by atoms with Crippen molar-refractivity contribution in [2.45, 2.75) is 45.6 Å². The Balaban J connectivity index is 2.71. The highest BCUT2D eigenvalue weighted by Gasteiger charge is 2.18. The molecule has 6 heteroatoms. The normalized spacial score (nSPS) is 10.4. The van der Waals surface area contributed by atoms with Crippen molar-refractivity contribution in [3.63, 3.8) is 0 Å². The van der Waals surface area contributed by atoms with Crippen LogP contribution in [0, 0.1) is 10.1 Å². The molecule has 1 aromatic carbocycles. The molecule has 0 saturated heterocycles. The van der Waals surface area contributed by atoms with Crippen molar-refractivity contribution in [1.82, 2.24) is 0 Å². The summed E-state index contributed by atoms with van der Waals surface area (Å²) in [5, 5.41) is 11.0. The Morgan fingerprint density at radius 2 is 1.90 bits per heavy atom. The van der Waals surface area contributed by atoms with Gasteiger partial charge in [0.25, 0.3) is 5.69 Å². The van der Waals surface area contributed by atoms with E-state index in [1.54, 1.807) is 6.07 Å². The van der Waals surface area contributed by atoms with E-state index in [-0.39, 0.29) is 12.2 Å². The molecule has 0 spiro atoms. The Labute approximate surface area is 125 Å². The van der Waals surface area contributed by atoms with E-state index in [0.29, 0.717) is 23.7 Å². The van der Waals surface area contributed by atoms with Crippen LogP contribution in [0.1, 0.15) is 44.6 Å². The summed E-state index contributed by atoms with van der Waals surface area (Å²) in [6.45, 7) is 2.78. The van der Waals surface area contributed by atoms with Crippen LogP contribution in [0.4, 0.5) is 5.69 Å². The zero-order valence-corrected chi connectivity index (χ0v) is 12.8. The molecule has 6 nitrogen and oxygen atoms in total. The molecule has 21 heavy (non-hydrogen) atoms. The number of nitro benzene ring substituents is 1. The molecule has 0 fully saturated rings. The van der Waals surface area contributed by atoms with Crippen LogP contribution in [0.3, 0.4) is 0 Å². The van der Waals surface area contributed by atoms with Gasteiger partial charge >= 0.3 is 0 Å². The molecule has 0 unspecified atom stereocenters. The first kappa shape index (κ1) is 17.2. The molecule has 0 aromatic heterocycles. The lowest BCUT2D eigenvalue weighted by molar-refractivity contribution is -0.385. The molecule has 2 N–H and O–H groups in total. The van der Waals surface area contributed by atoms with Crippen LogP contribution in [0.25, 0.3) is 0 Å². The molecule has 0 saturated carbocycles. The third kappa shape index (κ3) is 5.23. The van der Waals surface area contributed by atoms with Crippen LogP contribution in [0.2, 0.25) is 0 Å². The summed E-state index contributed by atoms with van der Waals surface area (Å²) in [7, 11) is 1.51. The number of benzene rings is 1. The van der Waals surface area contributed by atoms with Crippen molar-refractivity contribution in [1.29, 1.82) is 0 Å². The van der Waals surface area contributed by atoms with Crippen LogP contribution in [0.15, 0.2) is 12.1 Å².